The monoisotopic (exact) mass is 332 g/mol. The summed E-state index contributed by atoms with van der Waals surface area (Å²) in [4.78, 5) is 21.0. The molecule has 0 unspecified atom stereocenters. The number of aryl methyl sites for hydroxylation is 3. The number of rotatable bonds is 4. The van der Waals surface area contributed by atoms with E-state index in [1.807, 2.05) is 63.2 Å². The van der Waals surface area contributed by atoms with Crippen LogP contribution in [0.15, 0.2) is 54.7 Å². The lowest BCUT2D eigenvalue weighted by molar-refractivity contribution is 0.102. The summed E-state index contributed by atoms with van der Waals surface area (Å²) in [6.07, 6.45) is 1.57. The van der Waals surface area contributed by atoms with Crippen LogP contribution in [0.1, 0.15) is 27.2 Å². The molecule has 1 heterocycles. The maximum absolute atomic E-state index is 12.5. The van der Waals surface area contributed by atoms with Crippen LogP contribution in [-0.4, -0.2) is 15.9 Å². The van der Waals surface area contributed by atoms with Crippen molar-refractivity contribution in [1.82, 2.24) is 9.97 Å². The lowest BCUT2D eigenvalue weighted by Gasteiger charge is -2.10. The molecule has 0 saturated carbocycles. The average Bonchev–Trinajstić information content (AvgIpc) is 2.57. The van der Waals surface area contributed by atoms with E-state index >= 15 is 0 Å². The summed E-state index contributed by atoms with van der Waals surface area (Å²) < 4.78 is 0. The van der Waals surface area contributed by atoms with Gasteiger partial charge in [0.25, 0.3) is 5.91 Å². The van der Waals surface area contributed by atoms with Gasteiger partial charge < -0.3 is 10.6 Å². The molecular weight excluding hydrogens is 312 g/mol. The van der Waals surface area contributed by atoms with Gasteiger partial charge in [-0.25, -0.2) is 9.97 Å². The van der Waals surface area contributed by atoms with Crippen LogP contribution in [-0.2, 0) is 0 Å². The topological polar surface area (TPSA) is 66.9 Å². The van der Waals surface area contributed by atoms with Crippen LogP contribution in [0.3, 0.4) is 0 Å². The Hall–Kier alpha value is -3.21. The zero-order chi connectivity index (χ0) is 17.8. The van der Waals surface area contributed by atoms with Gasteiger partial charge in [0, 0.05) is 17.6 Å². The van der Waals surface area contributed by atoms with Gasteiger partial charge in [0.2, 0.25) is 5.95 Å². The molecular formula is C20H20N4O. The SMILES string of the molecule is Cc1cccc(Nc2nccc(C(=O)Nc3ccc(C)cc3C)n2)c1. The minimum absolute atomic E-state index is 0.262. The second-order valence-electron chi connectivity index (χ2n) is 6.03. The first-order valence-corrected chi connectivity index (χ1v) is 8.06. The molecule has 5 nitrogen and oxygen atoms in total. The number of hydrogen-bond donors (Lipinski definition) is 2. The first kappa shape index (κ1) is 16.6. The third kappa shape index (κ3) is 4.20. The van der Waals surface area contributed by atoms with Crippen molar-refractivity contribution in [3.8, 4) is 0 Å². The highest BCUT2D eigenvalue weighted by atomic mass is 16.1. The third-order valence-electron chi connectivity index (χ3n) is 3.79. The molecule has 25 heavy (non-hydrogen) atoms. The molecule has 2 aromatic carbocycles. The second-order valence-corrected chi connectivity index (χ2v) is 6.03. The number of nitrogens with one attached hydrogen (secondary N) is 2. The first-order chi connectivity index (χ1) is 12.0. The van der Waals surface area contributed by atoms with E-state index in [1.165, 1.54) is 0 Å². The number of carbonyl (C=O) groups is 1. The number of carbonyl (C=O) groups excluding carboxylic acids is 1. The fourth-order valence-corrected chi connectivity index (χ4v) is 2.54. The Kier molecular flexibility index (Phi) is 4.75. The van der Waals surface area contributed by atoms with E-state index in [4.69, 9.17) is 0 Å². The fraction of sp³-hybridized carbons (Fsp3) is 0.150. The number of benzene rings is 2. The maximum Gasteiger partial charge on any atom is 0.274 e. The van der Waals surface area contributed by atoms with Crippen molar-refractivity contribution in [3.05, 3.63) is 77.1 Å². The Morgan fingerprint density at radius 3 is 2.52 bits per heavy atom. The lowest BCUT2D eigenvalue weighted by atomic mass is 10.1. The molecule has 0 spiro atoms. The Morgan fingerprint density at radius 1 is 0.960 bits per heavy atom. The Morgan fingerprint density at radius 2 is 1.76 bits per heavy atom. The van der Waals surface area contributed by atoms with Crippen molar-refractivity contribution < 1.29 is 4.79 Å². The first-order valence-electron chi connectivity index (χ1n) is 8.06. The standard InChI is InChI=1S/C20H20N4O/c1-13-5-4-6-16(12-13)22-20-21-10-9-18(24-20)19(25)23-17-8-7-14(2)11-15(17)3/h4-12H,1-3H3,(H,23,25)(H,21,22,24). The number of aromatic nitrogens is 2. The molecule has 0 fully saturated rings. The molecule has 0 radical (unpaired) electrons. The predicted molar refractivity (Wildman–Crippen MR) is 100 cm³/mol. The highest BCUT2D eigenvalue weighted by Gasteiger charge is 2.11. The molecule has 1 amide bonds. The van der Waals surface area contributed by atoms with Crippen molar-refractivity contribution in [2.45, 2.75) is 20.8 Å². The van der Waals surface area contributed by atoms with E-state index < -0.39 is 0 Å². The van der Waals surface area contributed by atoms with Crippen molar-refractivity contribution in [1.29, 1.82) is 0 Å². The molecule has 0 saturated heterocycles. The van der Waals surface area contributed by atoms with E-state index in [2.05, 4.69) is 20.6 Å². The Bertz CT molecular complexity index is 921. The second kappa shape index (κ2) is 7.13. The summed E-state index contributed by atoms with van der Waals surface area (Å²) in [7, 11) is 0. The molecule has 3 rings (SSSR count). The van der Waals surface area contributed by atoms with Gasteiger partial charge in [-0.15, -0.1) is 0 Å². The maximum atomic E-state index is 12.5. The molecule has 0 aliphatic heterocycles. The Labute approximate surface area is 147 Å². The van der Waals surface area contributed by atoms with Gasteiger partial charge in [0.05, 0.1) is 0 Å². The zero-order valence-corrected chi connectivity index (χ0v) is 14.5. The largest absolute Gasteiger partial charge is 0.324 e. The van der Waals surface area contributed by atoms with Crippen LogP contribution in [0.5, 0.6) is 0 Å². The van der Waals surface area contributed by atoms with Crippen LogP contribution >= 0.6 is 0 Å². The summed E-state index contributed by atoms with van der Waals surface area (Å²) in [5.41, 5.74) is 5.27. The van der Waals surface area contributed by atoms with Crippen molar-refractivity contribution in [3.63, 3.8) is 0 Å². The number of amides is 1. The van der Waals surface area contributed by atoms with Gasteiger partial charge in [0.1, 0.15) is 5.69 Å². The molecule has 2 N–H and O–H groups in total. The van der Waals surface area contributed by atoms with Gasteiger partial charge in [-0.2, -0.15) is 0 Å². The molecule has 0 aliphatic rings. The van der Waals surface area contributed by atoms with Crippen molar-refractivity contribution in [2.24, 2.45) is 0 Å². The van der Waals surface area contributed by atoms with Crippen LogP contribution in [0.25, 0.3) is 0 Å². The minimum Gasteiger partial charge on any atom is -0.324 e. The molecule has 3 aromatic rings. The van der Waals surface area contributed by atoms with Crippen molar-refractivity contribution >= 4 is 23.2 Å². The van der Waals surface area contributed by atoms with E-state index in [1.54, 1.807) is 12.3 Å². The van der Waals surface area contributed by atoms with E-state index in [0.29, 0.717) is 11.6 Å². The minimum atomic E-state index is -0.262. The summed E-state index contributed by atoms with van der Waals surface area (Å²) in [5, 5.41) is 6.02. The van der Waals surface area contributed by atoms with Gasteiger partial charge in [0.15, 0.2) is 0 Å². The normalized spacial score (nSPS) is 10.4. The van der Waals surface area contributed by atoms with Gasteiger partial charge in [-0.05, 0) is 56.2 Å². The van der Waals surface area contributed by atoms with E-state index in [0.717, 1.165) is 28.1 Å². The summed E-state index contributed by atoms with van der Waals surface area (Å²) in [5.74, 6) is 0.125. The average molecular weight is 332 g/mol. The van der Waals surface area contributed by atoms with Crippen LogP contribution in [0, 0.1) is 20.8 Å². The van der Waals surface area contributed by atoms with Crippen LogP contribution in [0.4, 0.5) is 17.3 Å². The highest BCUT2D eigenvalue weighted by molar-refractivity contribution is 6.03. The van der Waals surface area contributed by atoms with Gasteiger partial charge >= 0.3 is 0 Å². The summed E-state index contributed by atoms with van der Waals surface area (Å²) in [6.45, 7) is 6.00. The van der Waals surface area contributed by atoms with Crippen LogP contribution < -0.4 is 10.6 Å². The molecule has 0 bridgehead atoms. The predicted octanol–water partition coefficient (Wildman–Crippen LogP) is 4.40. The molecule has 126 valence electrons. The number of anilines is 3. The van der Waals surface area contributed by atoms with Crippen LogP contribution in [0.2, 0.25) is 0 Å². The van der Waals surface area contributed by atoms with Gasteiger partial charge in [-0.1, -0.05) is 29.8 Å². The Balaban J connectivity index is 1.77. The van der Waals surface area contributed by atoms with Gasteiger partial charge in [-0.3, -0.25) is 4.79 Å². The quantitative estimate of drug-likeness (QED) is 0.743. The van der Waals surface area contributed by atoms with Crippen molar-refractivity contribution in [2.75, 3.05) is 10.6 Å². The molecule has 0 aliphatic carbocycles. The third-order valence-corrected chi connectivity index (χ3v) is 3.79. The fourth-order valence-electron chi connectivity index (χ4n) is 2.54. The number of hydrogen-bond acceptors (Lipinski definition) is 4. The highest BCUT2D eigenvalue weighted by Crippen LogP contribution is 2.18. The van der Waals surface area contributed by atoms with E-state index in [9.17, 15) is 4.79 Å². The summed E-state index contributed by atoms with van der Waals surface area (Å²) in [6, 6.07) is 15.4. The van der Waals surface area contributed by atoms with E-state index in [-0.39, 0.29) is 5.91 Å². The number of nitrogens with zero attached hydrogens (tertiary/aromatic N) is 2. The molecule has 5 heteroatoms. The molecule has 1 aromatic heterocycles. The summed E-state index contributed by atoms with van der Waals surface area (Å²) >= 11 is 0. The zero-order valence-electron chi connectivity index (χ0n) is 14.5. The lowest BCUT2D eigenvalue weighted by Crippen LogP contribution is -2.15. The molecule has 0 atom stereocenters. The smallest absolute Gasteiger partial charge is 0.274 e.